The summed E-state index contributed by atoms with van der Waals surface area (Å²) >= 11 is 0. The zero-order valence-corrected chi connectivity index (χ0v) is 14.3. The van der Waals surface area contributed by atoms with E-state index in [9.17, 15) is 13.2 Å². The van der Waals surface area contributed by atoms with Gasteiger partial charge in [-0.3, -0.25) is 4.79 Å². The summed E-state index contributed by atoms with van der Waals surface area (Å²) in [5.41, 5.74) is 2.84. The first-order valence-corrected chi connectivity index (χ1v) is 9.42. The van der Waals surface area contributed by atoms with Gasteiger partial charge in [0.15, 0.2) is 0 Å². The summed E-state index contributed by atoms with van der Waals surface area (Å²) in [5.74, 6) is -0.192. The van der Waals surface area contributed by atoms with Gasteiger partial charge < -0.3 is 5.32 Å². The Morgan fingerprint density at radius 1 is 1.08 bits per heavy atom. The number of aryl methyl sites for hydroxylation is 1. The first-order valence-electron chi connectivity index (χ1n) is 7.93. The van der Waals surface area contributed by atoms with Crippen LogP contribution in [-0.4, -0.2) is 14.3 Å². The molecule has 126 valence electrons. The van der Waals surface area contributed by atoms with Crippen LogP contribution in [0.25, 0.3) is 0 Å². The van der Waals surface area contributed by atoms with Crippen LogP contribution < -0.4 is 10.0 Å². The highest BCUT2D eigenvalue weighted by Crippen LogP contribution is 2.30. The predicted octanol–water partition coefficient (Wildman–Crippen LogP) is 3.00. The maximum absolute atomic E-state index is 12.6. The summed E-state index contributed by atoms with van der Waals surface area (Å²) in [6.07, 6.45) is 2.74. The highest BCUT2D eigenvalue weighted by molar-refractivity contribution is 7.89. The molecule has 3 rings (SSSR count). The van der Waals surface area contributed by atoms with Crippen molar-refractivity contribution in [1.29, 1.82) is 0 Å². The number of nitrogens with one attached hydrogen (secondary N) is 2. The van der Waals surface area contributed by atoms with Crippen LogP contribution in [0.2, 0.25) is 0 Å². The second-order valence-electron chi connectivity index (χ2n) is 5.97. The molecule has 1 aliphatic rings. The lowest BCUT2D eigenvalue weighted by Crippen LogP contribution is -2.31. The van der Waals surface area contributed by atoms with Crippen LogP contribution in [-0.2, 0) is 21.2 Å². The number of carbonyl (C=O) groups is 1. The minimum absolute atomic E-state index is 0.192. The van der Waals surface area contributed by atoms with E-state index in [1.54, 1.807) is 12.1 Å². The lowest BCUT2D eigenvalue weighted by molar-refractivity contribution is -0.114. The van der Waals surface area contributed by atoms with E-state index < -0.39 is 10.0 Å². The molecule has 0 heterocycles. The van der Waals surface area contributed by atoms with Crippen molar-refractivity contribution in [1.82, 2.24) is 4.72 Å². The summed E-state index contributed by atoms with van der Waals surface area (Å²) in [7, 11) is -3.61. The van der Waals surface area contributed by atoms with E-state index in [0.717, 1.165) is 24.8 Å². The van der Waals surface area contributed by atoms with Gasteiger partial charge in [0.2, 0.25) is 15.9 Å². The molecule has 1 amide bonds. The molecule has 0 saturated carbocycles. The van der Waals surface area contributed by atoms with Crippen molar-refractivity contribution < 1.29 is 13.2 Å². The molecular weight excluding hydrogens is 324 g/mol. The third-order valence-corrected chi connectivity index (χ3v) is 5.64. The molecule has 5 nitrogen and oxygen atoms in total. The lowest BCUT2D eigenvalue weighted by Gasteiger charge is -2.26. The number of amides is 1. The molecule has 0 spiro atoms. The van der Waals surface area contributed by atoms with E-state index in [0.29, 0.717) is 5.69 Å². The molecule has 24 heavy (non-hydrogen) atoms. The molecule has 0 aliphatic heterocycles. The maximum Gasteiger partial charge on any atom is 0.241 e. The van der Waals surface area contributed by atoms with Crippen LogP contribution in [0.3, 0.4) is 0 Å². The van der Waals surface area contributed by atoms with E-state index in [1.807, 2.05) is 18.2 Å². The molecular formula is C18H20N2O3S. The van der Waals surface area contributed by atoms with E-state index in [2.05, 4.69) is 16.1 Å². The molecule has 1 atom stereocenters. The largest absolute Gasteiger partial charge is 0.326 e. The van der Waals surface area contributed by atoms with Gasteiger partial charge in [-0.05, 0) is 54.7 Å². The maximum atomic E-state index is 12.6. The van der Waals surface area contributed by atoms with Crippen molar-refractivity contribution in [3.05, 3.63) is 59.7 Å². The Morgan fingerprint density at radius 3 is 2.50 bits per heavy atom. The van der Waals surface area contributed by atoms with Gasteiger partial charge in [-0.15, -0.1) is 0 Å². The molecule has 2 N–H and O–H groups in total. The zero-order chi connectivity index (χ0) is 17.2. The SMILES string of the molecule is CC(=O)Nc1ccc(S(=O)(=O)NC2CCCc3ccccc32)cc1. The zero-order valence-electron chi connectivity index (χ0n) is 13.5. The van der Waals surface area contributed by atoms with Gasteiger partial charge in [-0.1, -0.05) is 24.3 Å². The fourth-order valence-corrected chi connectivity index (χ4v) is 4.30. The molecule has 0 aromatic heterocycles. The number of hydrogen-bond acceptors (Lipinski definition) is 3. The van der Waals surface area contributed by atoms with Crippen molar-refractivity contribution in [2.24, 2.45) is 0 Å². The second kappa shape index (κ2) is 6.75. The number of anilines is 1. The molecule has 6 heteroatoms. The molecule has 2 aromatic carbocycles. The van der Waals surface area contributed by atoms with Gasteiger partial charge in [0.05, 0.1) is 4.90 Å². The van der Waals surface area contributed by atoms with Crippen LogP contribution >= 0.6 is 0 Å². The van der Waals surface area contributed by atoms with Gasteiger partial charge >= 0.3 is 0 Å². The quantitative estimate of drug-likeness (QED) is 0.895. The topological polar surface area (TPSA) is 75.3 Å². The third kappa shape index (κ3) is 3.66. The molecule has 0 radical (unpaired) electrons. The number of fused-ring (bicyclic) bond motifs is 1. The average molecular weight is 344 g/mol. The normalized spacial score (nSPS) is 17.1. The smallest absolute Gasteiger partial charge is 0.241 e. The summed E-state index contributed by atoms with van der Waals surface area (Å²) in [5, 5.41) is 2.62. The Balaban J connectivity index is 1.81. The number of rotatable bonds is 4. The standard InChI is InChI=1S/C18H20N2O3S/c1-13(21)19-15-9-11-16(12-10-15)24(22,23)20-18-8-4-6-14-5-2-3-7-17(14)18/h2-3,5,7,9-12,18,20H,4,6,8H2,1H3,(H,19,21). The third-order valence-electron chi connectivity index (χ3n) is 4.15. The highest BCUT2D eigenvalue weighted by atomic mass is 32.2. The number of benzene rings is 2. The Hall–Kier alpha value is -2.18. The summed E-state index contributed by atoms with van der Waals surface area (Å²) in [6, 6.07) is 13.9. The lowest BCUT2D eigenvalue weighted by atomic mass is 9.88. The summed E-state index contributed by atoms with van der Waals surface area (Å²) in [6.45, 7) is 1.41. The van der Waals surface area contributed by atoms with E-state index in [4.69, 9.17) is 0 Å². The molecule has 2 aromatic rings. The monoisotopic (exact) mass is 344 g/mol. The van der Waals surface area contributed by atoms with Crippen LogP contribution in [0, 0.1) is 0 Å². The Kier molecular flexibility index (Phi) is 4.69. The minimum Gasteiger partial charge on any atom is -0.326 e. The van der Waals surface area contributed by atoms with Crippen molar-refractivity contribution in [3.63, 3.8) is 0 Å². The van der Waals surface area contributed by atoms with Gasteiger partial charge in [0.1, 0.15) is 0 Å². The summed E-state index contributed by atoms with van der Waals surface area (Å²) in [4.78, 5) is 11.2. The average Bonchev–Trinajstić information content (AvgIpc) is 2.55. The van der Waals surface area contributed by atoms with Crippen molar-refractivity contribution in [2.45, 2.75) is 37.1 Å². The Bertz CT molecular complexity index is 845. The minimum atomic E-state index is -3.61. The molecule has 0 fully saturated rings. The van der Waals surface area contributed by atoms with Crippen LogP contribution in [0.5, 0.6) is 0 Å². The van der Waals surface area contributed by atoms with Crippen LogP contribution in [0.1, 0.15) is 36.9 Å². The number of sulfonamides is 1. The van der Waals surface area contributed by atoms with Crippen molar-refractivity contribution in [2.75, 3.05) is 5.32 Å². The molecule has 1 aliphatic carbocycles. The molecule has 0 bridgehead atoms. The van der Waals surface area contributed by atoms with E-state index in [1.165, 1.54) is 24.6 Å². The van der Waals surface area contributed by atoms with Gasteiger partial charge in [-0.25, -0.2) is 13.1 Å². The van der Waals surface area contributed by atoms with Crippen LogP contribution in [0.4, 0.5) is 5.69 Å². The molecule has 0 saturated heterocycles. The van der Waals surface area contributed by atoms with Crippen molar-refractivity contribution in [3.8, 4) is 0 Å². The Labute approximate surface area is 142 Å². The number of hydrogen-bond donors (Lipinski definition) is 2. The van der Waals surface area contributed by atoms with Crippen molar-refractivity contribution >= 4 is 21.6 Å². The fourth-order valence-electron chi connectivity index (χ4n) is 3.05. The molecule has 1 unspecified atom stereocenters. The Morgan fingerprint density at radius 2 is 1.79 bits per heavy atom. The van der Waals surface area contributed by atoms with Gasteiger partial charge in [0.25, 0.3) is 0 Å². The van der Waals surface area contributed by atoms with Crippen LogP contribution in [0.15, 0.2) is 53.4 Å². The fraction of sp³-hybridized carbons (Fsp3) is 0.278. The summed E-state index contributed by atoms with van der Waals surface area (Å²) < 4.78 is 28.1. The van der Waals surface area contributed by atoms with Gasteiger partial charge in [-0.2, -0.15) is 0 Å². The van der Waals surface area contributed by atoms with E-state index >= 15 is 0 Å². The first kappa shape index (κ1) is 16.7. The highest BCUT2D eigenvalue weighted by Gasteiger charge is 2.25. The predicted molar refractivity (Wildman–Crippen MR) is 93.2 cm³/mol. The first-order chi connectivity index (χ1) is 11.5. The van der Waals surface area contributed by atoms with Gasteiger partial charge in [0, 0.05) is 18.7 Å². The van der Waals surface area contributed by atoms with E-state index in [-0.39, 0.29) is 16.8 Å². The second-order valence-corrected chi connectivity index (χ2v) is 7.68. The number of carbonyl (C=O) groups excluding carboxylic acids is 1.